The Morgan fingerprint density at radius 1 is 1.56 bits per heavy atom. The third-order valence-corrected chi connectivity index (χ3v) is 3.01. The molecule has 1 atom stereocenters. The summed E-state index contributed by atoms with van der Waals surface area (Å²) in [5.74, 6) is 4.60. The summed E-state index contributed by atoms with van der Waals surface area (Å²) >= 11 is 1.65. The predicted octanol–water partition coefficient (Wildman–Crippen LogP) is 1.09. The molecule has 16 heavy (non-hydrogen) atoms. The molecule has 0 bridgehead atoms. The molecule has 1 unspecified atom stereocenters. The number of hydrogen-bond acceptors (Lipinski definition) is 3. The highest BCUT2D eigenvalue weighted by atomic mass is 32.2. The van der Waals surface area contributed by atoms with Gasteiger partial charge in [-0.15, -0.1) is 18.2 Å². The van der Waals surface area contributed by atoms with Crippen LogP contribution in [0, 0.1) is 24.2 Å². The smallest absolute Gasteiger partial charge is 0.224 e. The standard InChI is InChI=1S/C12H22N2OS/c1-4-6-16-7-5-14-12(15)11(9-13)8-10(2)3/h1,10-11H,5-9,13H2,2-3H3,(H,14,15). The summed E-state index contributed by atoms with van der Waals surface area (Å²) in [7, 11) is 0. The highest BCUT2D eigenvalue weighted by Crippen LogP contribution is 2.10. The molecule has 92 valence electrons. The van der Waals surface area contributed by atoms with E-state index in [0.717, 1.165) is 12.2 Å². The lowest BCUT2D eigenvalue weighted by Crippen LogP contribution is -2.36. The van der Waals surface area contributed by atoms with E-state index in [1.807, 2.05) is 0 Å². The molecule has 0 saturated heterocycles. The normalized spacial score (nSPS) is 12.2. The Morgan fingerprint density at radius 3 is 2.75 bits per heavy atom. The van der Waals surface area contributed by atoms with Gasteiger partial charge in [0, 0.05) is 18.8 Å². The van der Waals surface area contributed by atoms with Crippen molar-refractivity contribution in [1.29, 1.82) is 0 Å². The molecule has 0 spiro atoms. The zero-order valence-electron chi connectivity index (χ0n) is 10.2. The topological polar surface area (TPSA) is 55.1 Å². The number of carbonyl (C=O) groups excluding carboxylic acids is 1. The van der Waals surface area contributed by atoms with Gasteiger partial charge in [-0.25, -0.2) is 0 Å². The Morgan fingerprint density at radius 2 is 2.25 bits per heavy atom. The summed E-state index contributed by atoms with van der Waals surface area (Å²) < 4.78 is 0. The summed E-state index contributed by atoms with van der Waals surface area (Å²) in [6, 6.07) is 0. The Hall–Kier alpha value is -0.660. The molecule has 0 radical (unpaired) electrons. The molecule has 0 aliphatic rings. The fraction of sp³-hybridized carbons (Fsp3) is 0.750. The molecule has 3 N–H and O–H groups in total. The van der Waals surface area contributed by atoms with Crippen molar-refractivity contribution in [1.82, 2.24) is 5.32 Å². The minimum absolute atomic E-state index is 0.0577. The van der Waals surface area contributed by atoms with E-state index in [1.165, 1.54) is 0 Å². The van der Waals surface area contributed by atoms with Gasteiger partial charge in [0.2, 0.25) is 5.91 Å². The Balaban J connectivity index is 3.72. The van der Waals surface area contributed by atoms with E-state index in [2.05, 4.69) is 25.1 Å². The van der Waals surface area contributed by atoms with Gasteiger partial charge in [-0.2, -0.15) is 0 Å². The molecular weight excluding hydrogens is 220 g/mol. The number of thioether (sulfide) groups is 1. The lowest BCUT2D eigenvalue weighted by Gasteiger charge is -2.16. The molecule has 0 aromatic rings. The van der Waals surface area contributed by atoms with Gasteiger partial charge >= 0.3 is 0 Å². The third kappa shape index (κ3) is 7.61. The SMILES string of the molecule is C#CCSCCNC(=O)C(CN)CC(C)C. The average Bonchev–Trinajstić information content (AvgIpc) is 2.25. The van der Waals surface area contributed by atoms with Crippen molar-refractivity contribution < 1.29 is 4.79 Å². The van der Waals surface area contributed by atoms with Crippen LogP contribution < -0.4 is 11.1 Å². The Labute approximate surface area is 103 Å². The summed E-state index contributed by atoms with van der Waals surface area (Å²) in [5.41, 5.74) is 5.58. The minimum Gasteiger partial charge on any atom is -0.355 e. The Bertz CT molecular complexity index is 236. The number of nitrogens with one attached hydrogen (secondary N) is 1. The van der Waals surface area contributed by atoms with Crippen molar-refractivity contribution in [2.75, 3.05) is 24.6 Å². The van der Waals surface area contributed by atoms with Crippen molar-refractivity contribution in [2.45, 2.75) is 20.3 Å². The second-order valence-electron chi connectivity index (χ2n) is 4.11. The highest BCUT2D eigenvalue weighted by molar-refractivity contribution is 7.99. The molecule has 0 aromatic carbocycles. The van der Waals surface area contributed by atoms with Gasteiger partial charge in [-0.1, -0.05) is 19.8 Å². The maximum absolute atomic E-state index is 11.7. The number of terminal acetylenes is 1. The van der Waals surface area contributed by atoms with E-state index in [0.29, 0.717) is 24.8 Å². The van der Waals surface area contributed by atoms with Crippen LogP contribution in [-0.4, -0.2) is 30.5 Å². The van der Waals surface area contributed by atoms with E-state index in [-0.39, 0.29) is 11.8 Å². The summed E-state index contributed by atoms with van der Waals surface area (Å²) in [6.07, 6.45) is 5.97. The molecule has 0 heterocycles. The van der Waals surface area contributed by atoms with E-state index in [1.54, 1.807) is 11.8 Å². The van der Waals surface area contributed by atoms with Gasteiger partial charge in [0.25, 0.3) is 0 Å². The predicted molar refractivity (Wildman–Crippen MR) is 71.2 cm³/mol. The molecule has 0 aliphatic carbocycles. The van der Waals surface area contributed by atoms with Crippen LogP contribution >= 0.6 is 11.8 Å². The van der Waals surface area contributed by atoms with Gasteiger partial charge in [0.1, 0.15) is 0 Å². The lowest BCUT2D eigenvalue weighted by atomic mass is 9.96. The van der Waals surface area contributed by atoms with Crippen LogP contribution in [0.4, 0.5) is 0 Å². The van der Waals surface area contributed by atoms with Crippen molar-refractivity contribution in [3.63, 3.8) is 0 Å². The second-order valence-corrected chi connectivity index (χ2v) is 5.22. The van der Waals surface area contributed by atoms with Gasteiger partial charge in [-0.05, 0) is 12.3 Å². The zero-order chi connectivity index (χ0) is 12.4. The number of rotatable bonds is 8. The minimum atomic E-state index is -0.0577. The third-order valence-electron chi connectivity index (χ3n) is 2.14. The van der Waals surface area contributed by atoms with Crippen molar-refractivity contribution in [3.8, 4) is 12.3 Å². The summed E-state index contributed by atoms with van der Waals surface area (Å²) in [6.45, 7) is 5.28. The molecular formula is C12H22N2OS. The average molecular weight is 242 g/mol. The van der Waals surface area contributed by atoms with Gasteiger partial charge in [0.05, 0.1) is 11.7 Å². The molecule has 0 rings (SSSR count). The van der Waals surface area contributed by atoms with E-state index < -0.39 is 0 Å². The van der Waals surface area contributed by atoms with Crippen LogP contribution in [-0.2, 0) is 4.79 Å². The lowest BCUT2D eigenvalue weighted by molar-refractivity contribution is -0.125. The molecule has 0 aromatic heterocycles. The fourth-order valence-corrected chi connectivity index (χ4v) is 1.91. The molecule has 4 heteroatoms. The number of hydrogen-bond donors (Lipinski definition) is 2. The van der Waals surface area contributed by atoms with E-state index >= 15 is 0 Å². The molecule has 0 aliphatic heterocycles. The molecule has 0 fully saturated rings. The maximum atomic E-state index is 11.7. The van der Waals surface area contributed by atoms with Gasteiger partial charge in [-0.3, -0.25) is 4.79 Å². The number of carbonyl (C=O) groups is 1. The Kier molecular flexibility index (Phi) is 9.16. The summed E-state index contributed by atoms with van der Waals surface area (Å²) in [4.78, 5) is 11.7. The second kappa shape index (κ2) is 9.56. The fourth-order valence-electron chi connectivity index (χ4n) is 1.40. The highest BCUT2D eigenvalue weighted by Gasteiger charge is 2.17. The molecule has 1 amide bonds. The van der Waals surface area contributed by atoms with Crippen LogP contribution in [0.5, 0.6) is 0 Å². The monoisotopic (exact) mass is 242 g/mol. The largest absolute Gasteiger partial charge is 0.355 e. The van der Waals surface area contributed by atoms with Crippen molar-refractivity contribution in [3.05, 3.63) is 0 Å². The maximum Gasteiger partial charge on any atom is 0.224 e. The zero-order valence-corrected chi connectivity index (χ0v) is 11.0. The first-order chi connectivity index (χ1) is 7.61. The molecule has 3 nitrogen and oxygen atoms in total. The van der Waals surface area contributed by atoms with Gasteiger partial charge in [0.15, 0.2) is 0 Å². The van der Waals surface area contributed by atoms with Crippen molar-refractivity contribution in [2.24, 2.45) is 17.6 Å². The van der Waals surface area contributed by atoms with Crippen LogP contribution in [0.25, 0.3) is 0 Å². The molecule has 0 saturated carbocycles. The van der Waals surface area contributed by atoms with Crippen molar-refractivity contribution >= 4 is 17.7 Å². The number of nitrogens with two attached hydrogens (primary N) is 1. The first-order valence-corrected chi connectivity index (χ1v) is 6.76. The van der Waals surface area contributed by atoms with Crippen LogP contribution in [0.3, 0.4) is 0 Å². The first kappa shape index (κ1) is 15.3. The van der Waals surface area contributed by atoms with Gasteiger partial charge < -0.3 is 11.1 Å². The van der Waals surface area contributed by atoms with E-state index in [4.69, 9.17) is 12.2 Å². The number of amides is 1. The van der Waals surface area contributed by atoms with Crippen LogP contribution in [0.1, 0.15) is 20.3 Å². The quantitative estimate of drug-likeness (QED) is 0.495. The summed E-state index contributed by atoms with van der Waals surface area (Å²) in [5, 5.41) is 2.89. The first-order valence-electron chi connectivity index (χ1n) is 5.60. The van der Waals surface area contributed by atoms with E-state index in [9.17, 15) is 4.79 Å². The van der Waals surface area contributed by atoms with Crippen LogP contribution in [0.15, 0.2) is 0 Å². The van der Waals surface area contributed by atoms with Crippen LogP contribution in [0.2, 0.25) is 0 Å².